The second kappa shape index (κ2) is 18.3. The summed E-state index contributed by atoms with van der Waals surface area (Å²) in [5.41, 5.74) is -3.85. The first-order valence-electron chi connectivity index (χ1n) is 18.4. The van der Waals surface area contributed by atoms with Crippen molar-refractivity contribution in [2.45, 2.75) is 36.5 Å². The van der Waals surface area contributed by atoms with Crippen LogP contribution in [0.2, 0.25) is 0 Å². The molecule has 330 valence electrons. The van der Waals surface area contributed by atoms with Gasteiger partial charge in [-0.1, -0.05) is 119 Å². The molecule has 0 bridgehead atoms. The quantitative estimate of drug-likeness (QED) is 0.0362. The summed E-state index contributed by atoms with van der Waals surface area (Å²) in [6.07, 6.45) is -20.4. The van der Waals surface area contributed by atoms with Crippen molar-refractivity contribution < 1.29 is 71.2 Å². The lowest BCUT2D eigenvalue weighted by molar-refractivity contribution is -0.138. The molecule has 0 radical (unpaired) electrons. The summed E-state index contributed by atoms with van der Waals surface area (Å²) in [6.45, 7) is 1.31. The molecule has 0 aliphatic heterocycles. The maximum Gasteiger partial charge on any atom is 0.416 e. The molecule has 6 rings (SSSR count). The third-order valence-corrected chi connectivity index (χ3v) is 12.1. The van der Waals surface area contributed by atoms with Crippen LogP contribution in [0, 0.1) is 0 Å². The Kier molecular flexibility index (Phi) is 13.9. The van der Waals surface area contributed by atoms with Gasteiger partial charge >= 0.3 is 30.7 Å². The minimum absolute atomic E-state index is 0.0114. The minimum Gasteiger partial charge on any atom is -0.427 e. The molecule has 0 spiro atoms. The Morgan fingerprint density at radius 3 is 1.05 bits per heavy atom. The molecule has 0 N–H and O–H groups in total. The zero-order chi connectivity index (χ0) is 46.6. The number of Topliss-reactive ketones (excluding diaryl/α,β-unsaturated/α-hetero) is 1. The zero-order valence-corrected chi connectivity index (χ0v) is 33.6. The SMILES string of the molecule is CC(=O)Oc1ccc(C(=O)C[S+](C)(=O)c2ccccc2)cc1.FC(F)(F)c1ccc([B-](c2ccc(C(F)(F)F)cc2)(c2ccc(C(F)(F)F)cc2)c2ccc(C(F)(F)F)cc2)cc1. The number of carbonyl (C=O) groups excluding carboxylic acids is 2. The van der Waals surface area contributed by atoms with Crippen LogP contribution in [0.25, 0.3) is 0 Å². The number of carbonyl (C=O) groups is 2. The molecular formula is C45H33BF12O4S. The molecule has 0 aromatic heterocycles. The number of esters is 1. The van der Waals surface area contributed by atoms with E-state index in [0.29, 0.717) is 64.7 Å². The molecule has 6 aromatic rings. The first-order valence-corrected chi connectivity index (χ1v) is 20.6. The molecule has 1 unspecified atom stereocenters. The topological polar surface area (TPSA) is 60.4 Å². The molecule has 1 atom stereocenters. The van der Waals surface area contributed by atoms with E-state index in [1.807, 2.05) is 6.07 Å². The van der Waals surface area contributed by atoms with Gasteiger partial charge in [0.2, 0.25) is 5.78 Å². The average molecular weight is 909 g/mol. The minimum atomic E-state index is -4.77. The van der Waals surface area contributed by atoms with Crippen LogP contribution in [0.5, 0.6) is 5.75 Å². The van der Waals surface area contributed by atoms with Crippen molar-refractivity contribution >= 4 is 49.7 Å². The van der Waals surface area contributed by atoms with Gasteiger partial charge in [-0.05, 0) is 36.4 Å². The highest BCUT2D eigenvalue weighted by atomic mass is 32.2. The second-order valence-electron chi connectivity index (χ2n) is 14.3. The van der Waals surface area contributed by atoms with Crippen molar-refractivity contribution in [1.29, 1.82) is 0 Å². The molecule has 0 aliphatic rings. The smallest absolute Gasteiger partial charge is 0.416 e. The van der Waals surface area contributed by atoms with Crippen molar-refractivity contribution in [2.24, 2.45) is 0 Å². The Morgan fingerprint density at radius 2 is 0.778 bits per heavy atom. The number of hydrogen-bond donors (Lipinski definition) is 0. The van der Waals surface area contributed by atoms with Gasteiger partial charge in [-0.2, -0.15) is 74.5 Å². The lowest BCUT2D eigenvalue weighted by Crippen LogP contribution is -2.74. The van der Waals surface area contributed by atoms with Gasteiger partial charge in [-0.3, -0.25) is 9.59 Å². The summed E-state index contributed by atoms with van der Waals surface area (Å²) in [7, 11) is -2.42. The highest BCUT2D eigenvalue weighted by molar-refractivity contribution is 8.03. The molecule has 63 heavy (non-hydrogen) atoms. The van der Waals surface area contributed by atoms with Gasteiger partial charge in [-0.15, -0.1) is 0 Å². The number of alkyl halides is 12. The number of hydrogen-bond acceptors (Lipinski definition) is 4. The zero-order valence-electron chi connectivity index (χ0n) is 32.8. The van der Waals surface area contributed by atoms with Crippen LogP contribution in [-0.4, -0.2) is 29.9 Å². The fourth-order valence-corrected chi connectivity index (χ4v) is 8.56. The summed E-state index contributed by atoms with van der Waals surface area (Å²) in [5.74, 6) is -0.293. The number of halogens is 12. The van der Waals surface area contributed by atoms with Crippen LogP contribution >= 0.6 is 0 Å². The van der Waals surface area contributed by atoms with E-state index in [2.05, 4.69) is 0 Å². The average Bonchev–Trinajstić information content (AvgIpc) is 3.21. The molecule has 0 heterocycles. The highest BCUT2D eigenvalue weighted by Crippen LogP contribution is 2.32. The van der Waals surface area contributed by atoms with E-state index in [4.69, 9.17) is 4.74 Å². The fourth-order valence-electron chi connectivity index (χ4n) is 7.00. The Hall–Kier alpha value is -6.17. The van der Waals surface area contributed by atoms with Crippen LogP contribution < -0.4 is 26.6 Å². The van der Waals surface area contributed by atoms with Crippen LogP contribution in [0.1, 0.15) is 39.5 Å². The summed E-state index contributed by atoms with van der Waals surface area (Å²) in [6, 6.07) is 28.8. The van der Waals surface area contributed by atoms with E-state index in [0.717, 1.165) is 48.5 Å². The summed E-state index contributed by atoms with van der Waals surface area (Å²) >= 11 is 0. The normalized spacial score (nSPS) is 13.3. The van der Waals surface area contributed by atoms with E-state index >= 15 is 0 Å². The van der Waals surface area contributed by atoms with Crippen molar-refractivity contribution in [3.05, 3.63) is 179 Å². The van der Waals surface area contributed by atoms with Crippen molar-refractivity contribution in [1.82, 2.24) is 0 Å². The van der Waals surface area contributed by atoms with Crippen LogP contribution in [0.15, 0.2) is 157 Å². The standard InChI is InChI=1S/C28H16BF12.C17H17O4S/c30-25(31,32)17-1-9-21(10-2-17)29(22-11-3-18(4-12-22)26(33,34)35,23-13-5-19(6-14-23)27(36,37)38)24-15-7-20(8-16-24)28(39,40)41;1-13(18)21-15-10-8-14(9-11-15)17(19)12-22(2,20)16-6-4-3-5-7-16/h1-16H;3-11H,12H2,1-2H3/q-1;+1. The lowest BCUT2D eigenvalue weighted by Gasteiger charge is -2.44. The molecule has 0 fully saturated rings. The first-order chi connectivity index (χ1) is 29.2. The number of benzene rings is 6. The molecule has 0 amide bonds. The molecule has 0 saturated carbocycles. The molecular weight excluding hydrogens is 875 g/mol. The number of ether oxygens (including phenoxy) is 1. The third kappa shape index (κ3) is 11.5. The predicted octanol–water partition coefficient (Wildman–Crippen LogP) is 10.1. The molecule has 4 nitrogen and oxygen atoms in total. The summed E-state index contributed by atoms with van der Waals surface area (Å²) in [4.78, 5) is 23.8. The summed E-state index contributed by atoms with van der Waals surface area (Å²) < 4.78 is 178. The van der Waals surface area contributed by atoms with Gasteiger partial charge in [-0.25, -0.2) is 0 Å². The van der Waals surface area contributed by atoms with E-state index in [9.17, 15) is 66.5 Å². The van der Waals surface area contributed by atoms with Gasteiger partial charge < -0.3 is 4.74 Å². The molecule has 18 heteroatoms. The van der Waals surface area contributed by atoms with Gasteiger partial charge in [0.05, 0.1) is 22.3 Å². The molecule has 0 aliphatic carbocycles. The first kappa shape index (κ1) is 47.9. The van der Waals surface area contributed by atoms with E-state index in [1.54, 1.807) is 54.8 Å². The highest BCUT2D eigenvalue weighted by Gasteiger charge is 2.38. The second-order valence-corrected chi connectivity index (χ2v) is 17.1. The van der Waals surface area contributed by atoms with Crippen LogP contribution in [0.4, 0.5) is 52.7 Å². The maximum atomic E-state index is 13.3. The van der Waals surface area contributed by atoms with E-state index < -0.39 is 69.0 Å². The van der Waals surface area contributed by atoms with Crippen LogP contribution in [-0.2, 0) is 43.6 Å². The van der Waals surface area contributed by atoms with Crippen molar-refractivity contribution in [3.8, 4) is 5.75 Å². The largest absolute Gasteiger partial charge is 0.427 e. The summed E-state index contributed by atoms with van der Waals surface area (Å²) in [5, 5.41) is 0. The van der Waals surface area contributed by atoms with Gasteiger partial charge in [0.15, 0.2) is 10.6 Å². The van der Waals surface area contributed by atoms with Gasteiger partial charge in [0.25, 0.3) is 0 Å². The van der Waals surface area contributed by atoms with E-state index in [1.165, 1.54) is 6.92 Å². The number of ketones is 1. The Balaban J connectivity index is 0.000000286. The van der Waals surface area contributed by atoms with Crippen molar-refractivity contribution in [3.63, 3.8) is 0 Å². The fraction of sp³-hybridized carbons (Fsp3) is 0.156. The Morgan fingerprint density at radius 1 is 0.476 bits per heavy atom. The Labute approximate surface area is 353 Å². The monoisotopic (exact) mass is 908 g/mol. The van der Waals surface area contributed by atoms with Crippen LogP contribution in [0.3, 0.4) is 0 Å². The molecule has 0 saturated heterocycles. The maximum absolute atomic E-state index is 13.3. The van der Waals surface area contributed by atoms with Gasteiger partial charge in [0, 0.05) is 12.5 Å². The molecule has 6 aromatic carbocycles. The van der Waals surface area contributed by atoms with E-state index in [-0.39, 0.29) is 33.4 Å². The van der Waals surface area contributed by atoms with Crippen molar-refractivity contribution in [2.75, 3.05) is 12.0 Å². The predicted molar refractivity (Wildman–Crippen MR) is 216 cm³/mol. The van der Waals surface area contributed by atoms with Gasteiger partial charge in [0.1, 0.15) is 28.1 Å². The third-order valence-electron chi connectivity index (χ3n) is 10.0. The number of rotatable bonds is 9. The lowest BCUT2D eigenvalue weighted by atomic mass is 9.13. The Bertz CT molecular complexity index is 2320.